The third-order valence-electron chi connectivity index (χ3n) is 0.827. The Bertz CT molecular complexity index is 19.7. The second-order valence-electron chi connectivity index (χ2n) is 1.32. The molecule has 0 spiro atoms. The summed E-state index contributed by atoms with van der Waals surface area (Å²) in [5, 5.41) is 0. The summed E-state index contributed by atoms with van der Waals surface area (Å²) >= 11 is 0. The van der Waals surface area contributed by atoms with Crippen LogP contribution in [0.3, 0.4) is 0 Å². The van der Waals surface area contributed by atoms with Gasteiger partial charge in [0.25, 0.3) is 0 Å². The third-order valence-corrected chi connectivity index (χ3v) is 0.827. The minimum absolute atomic E-state index is 0. The van der Waals surface area contributed by atoms with Crippen LogP contribution in [-0.4, -0.2) is 21.6 Å². The van der Waals surface area contributed by atoms with Gasteiger partial charge >= 0.3 is 0 Å². The van der Waals surface area contributed by atoms with E-state index in [0.717, 1.165) is 13.2 Å². The van der Waals surface area contributed by atoms with Gasteiger partial charge in [-0.1, -0.05) is 7.43 Å². The fourth-order valence-corrected chi connectivity index (χ4v) is 0.510. The quantitative estimate of drug-likeness (QED) is 0.412. The molecule has 0 unspecified atom stereocenters. The Morgan fingerprint density at radius 1 is 1.00 bits per heavy atom. The lowest BCUT2D eigenvalue weighted by Gasteiger charge is -1.76. The summed E-state index contributed by atoms with van der Waals surface area (Å²) < 4.78 is 4.94. The van der Waals surface area contributed by atoms with E-state index in [9.17, 15) is 0 Å². The van der Waals surface area contributed by atoms with Crippen LogP contribution < -0.4 is 0 Å². The molecule has 1 aliphatic heterocycles. The summed E-state index contributed by atoms with van der Waals surface area (Å²) in [4.78, 5) is 0. The van der Waals surface area contributed by atoms with Gasteiger partial charge in [0, 0.05) is 21.6 Å². The van der Waals surface area contributed by atoms with Crippen LogP contribution in [-0.2, 0) is 4.74 Å². The van der Waals surface area contributed by atoms with Crippen molar-refractivity contribution < 1.29 is 4.74 Å². The third kappa shape index (κ3) is 3.87. The van der Waals surface area contributed by atoms with E-state index in [4.69, 9.17) is 4.74 Å². The van der Waals surface area contributed by atoms with E-state index in [1.807, 2.05) is 0 Å². The van der Waals surface area contributed by atoms with Gasteiger partial charge in [0.15, 0.2) is 0 Å². The number of rotatable bonds is 0. The molecule has 2 heteroatoms. The average Bonchev–Trinajstić information content (AvgIpc) is 1.76. The SMILES string of the molecule is C.C1CCOC1.[B]. The first-order valence-corrected chi connectivity index (χ1v) is 2.08. The molecule has 1 aliphatic rings. The van der Waals surface area contributed by atoms with Crippen molar-refractivity contribution in [2.75, 3.05) is 13.2 Å². The molecular formula is C5H12BO. The molecule has 7 heavy (non-hydrogen) atoms. The Hall–Kier alpha value is 0.0249. The van der Waals surface area contributed by atoms with E-state index < -0.39 is 0 Å². The fourth-order valence-electron chi connectivity index (χ4n) is 0.510. The molecule has 0 amide bonds. The molecule has 1 saturated heterocycles. The molecule has 0 aromatic carbocycles. The second kappa shape index (κ2) is 6.02. The van der Waals surface area contributed by atoms with Gasteiger partial charge < -0.3 is 4.74 Å². The number of hydrogen-bond acceptors (Lipinski definition) is 1. The molecule has 0 bridgehead atoms. The molecule has 1 nitrogen and oxygen atoms in total. The van der Waals surface area contributed by atoms with Gasteiger partial charge in [-0.2, -0.15) is 0 Å². The first-order valence-electron chi connectivity index (χ1n) is 2.08. The van der Waals surface area contributed by atoms with Gasteiger partial charge in [-0.25, -0.2) is 0 Å². The van der Waals surface area contributed by atoms with Gasteiger partial charge in [-0.15, -0.1) is 0 Å². The van der Waals surface area contributed by atoms with Crippen molar-refractivity contribution in [3.8, 4) is 0 Å². The molecule has 0 aliphatic carbocycles. The van der Waals surface area contributed by atoms with E-state index in [-0.39, 0.29) is 15.8 Å². The Kier molecular flexibility index (Phi) is 8.69. The molecule has 1 heterocycles. The molecular weight excluding hydrogens is 86.9 g/mol. The predicted octanol–water partition coefficient (Wildman–Crippen LogP) is 1.05. The lowest BCUT2D eigenvalue weighted by Crippen LogP contribution is -1.74. The van der Waals surface area contributed by atoms with Crippen molar-refractivity contribution in [2.45, 2.75) is 20.3 Å². The Morgan fingerprint density at radius 2 is 1.43 bits per heavy atom. The first-order chi connectivity index (χ1) is 2.50. The monoisotopic (exact) mass is 99.1 g/mol. The van der Waals surface area contributed by atoms with Crippen LogP contribution in [0.5, 0.6) is 0 Å². The van der Waals surface area contributed by atoms with E-state index in [1.54, 1.807) is 0 Å². The molecule has 3 radical (unpaired) electrons. The van der Waals surface area contributed by atoms with Gasteiger partial charge in [0.1, 0.15) is 0 Å². The van der Waals surface area contributed by atoms with E-state index in [0.29, 0.717) is 0 Å². The van der Waals surface area contributed by atoms with E-state index in [2.05, 4.69) is 0 Å². The standard InChI is InChI=1S/C4H8O.CH4.B/c1-2-4-5-3-1;;/h1-4H2;1H4;. The van der Waals surface area contributed by atoms with Gasteiger partial charge in [0.2, 0.25) is 0 Å². The number of hydrogen-bond donors (Lipinski definition) is 0. The maximum absolute atomic E-state index is 4.94. The molecule has 41 valence electrons. The molecule has 1 rings (SSSR count). The fraction of sp³-hybridized carbons (Fsp3) is 1.00. The highest BCUT2D eigenvalue weighted by atomic mass is 16.5. The highest BCUT2D eigenvalue weighted by Crippen LogP contribution is 1.98. The summed E-state index contributed by atoms with van der Waals surface area (Å²) in [5.74, 6) is 0. The average molecular weight is 99.0 g/mol. The van der Waals surface area contributed by atoms with Crippen molar-refractivity contribution in [1.82, 2.24) is 0 Å². The molecule has 1 fully saturated rings. The van der Waals surface area contributed by atoms with Crippen LogP contribution in [0.15, 0.2) is 0 Å². The van der Waals surface area contributed by atoms with Crippen molar-refractivity contribution >= 4 is 8.41 Å². The summed E-state index contributed by atoms with van der Waals surface area (Å²) in [6, 6.07) is 0. The van der Waals surface area contributed by atoms with Gasteiger partial charge in [0.05, 0.1) is 0 Å². The Labute approximate surface area is 47.6 Å². The molecule has 0 N–H and O–H groups in total. The maximum Gasteiger partial charge on any atom is 0.0466 e. The molecule has 0 aromatic rings. The normalized spacial score (nSPS) is 17.1. The highest BCUT2D eigenvalue weighted by Gasteiger charge is 1.94. The van der Waals surface area contributed by atoms with Crippen LogP contribution in [0, 0.1) is 0 Å². The zero-order chi connectivity index (χ0) is 3.54. The lowest BCUT2D eigenvalue weighted by molar-refractivity contribution is 0.198. The summed E-state index contributed by atoms with van der Waals surface area (Å²) in [6.45, 7) is 2.00. The zero-order valence-electron chi connectivity index (χ0n) is 3.81. The molecule has 0 atom stereocenters. The van der Waals surface area contributed by atoms with Crippen LogP contribution in [0.25, 0.3) is 0 Å². The lowest BCUT2D eigenvalue weighted by atomic mass is 10.4. The second-order valence-corrected chi connectivity index (χ2v) is 1.32. The minimum atomic E-state index is 0. The summed E-state index contributed by atoms with van der Waals surface area (Å²) in [5.41, 5.74) is 0. The number of ether oxygens (including phenoxy) is 1. The zero-order valence-corrected chi connectivity index (χ0v) is 3.81. The summed E-state index contributed by atoms with van der Waals surface area (Å²) in [6.07, 6.45) is 2.56. The van der Waals surface area contributed by atoms with Crippen LogP contribution in [0.2, 0.25) is 0 Å². The largest absolute Gasteiger partial charge is 0.381 e. The van der Waals surface area contributed by atoms with Gasteiger partial charge in [-0.3, -0.25) is 0 Å². The summed E-state index contributed by atoms with van der Waals surface area (Å²) in [7, 11) is 0. The first kappa shape index (κ1) is 10.1. The van der Waals surface area contributed by atoms with E-state index >= 15 is 0 Å². The highest BCUT2D eigenvalue weighted by molar-refractivity contribution is 5.75. The Balaban J connectivity index is 0. The Morgan fingerprint density at radius 3 is 1.57 bits per heavy atom. The van der Waals surface area contributed by atoms with E-state index in [1.165, 1.54) is 12.8 Å². The van der Waals surface area contributed by atoms with Crippen molar-refractivity contribution in [1.29, 1.82) is 0 Å². The predicted molar refractivity (Wildman–Crippen MR) is 32.5 cm³/mol. The van der Waals surface area contributed by atoms with Crippen LogP contribution in [0.4, 0.5) is 0 Å². The smallest absolute Gasteiger partial charge is 0.0466 e. The van der Waals surface area contributed by atoms with Crippen LogP contribution >= 0.6 is 0 Å². The maximum atomic E-state index is 4.94. The van der Waals surface area contributed by atoms with Crippen molar-refractivity contribution in [2.24, 2.45) is 0 Å². The minimum Gasteiger partial charge on any atom is -0.381 e. The van der Waals surface area contributed by atoms with Crippen LogP contribution in [0.1, 0.15) is 20.3 Å². The van der Waals surface area contributed by atoms with Crippen molar-refractivity contribution in [3.05, 3.63) is 0 Å². The van der Waals surface area contributed by atoms with Gasteiger partial charge in [-0.05, 0) is 12.8 Å². The van der Waals surface area contributed by atoms with Crippen molar-refractivity contribution in [3.63, 3.8) is 0 Å². The molecule has 0 aromatic heterocycles. The topological polar surface area (TPSA) is 9.23 Å². The molecule has 0 saturated carbocycles.